The second-order valence-corrected chi connectivity index (χ2v) is 9.09. The van der Waals surface area contributed by atoms with Crippen LogP contribution in [0.5, 0.6) is 5.75 Å². The molecule has 4 aromatic heterocycles. The zero-order valence-electron chi connectivity index (χ0n) is 17.5. The Kier molecular flexibility index (Phi) is 5.22. The fraction of sp³-hybridized carbons (Fsp3) is 0.0800. The number of nitrogens with one attached hydrogen (secondary N) is 1. The molecule has 4 heterocycles. The van der Waals surface area contributed by atoms with Crippen molar-refractivity contribution >= 4 is 49.7 Å². The van der Waals surface area contributed by atoms with Gasteiger partial charge in [0.05, 0.1) is 12.2 Å². The van der Waals surface area contributed by atoms with Gasteiger partial charge in [-0.25, -0.2) is 15.0 Å². The summed E-state index contributed by atoms with van der Waals surface area (Å²) < 4.78 is 9.06. The average molecular weight is 470 g/mol. The maximum absolute atomic E-state index is 5.84. The zero-order valence-corrected chi connectivity index (χ0v) is 19.1. The first-order valence-electron chi connectivity index (χ1n) is 10.5. The van der Waals surface area contributed by atoms with E-state index in [2.05, 4.69) is 50.7 Å². The van der Waals surface area contributed by atoms with Crippen molar-refractivity contribution in [2.45, 2.75) is 0 Å². The summed E-state index contributed by atoms with van der Waals surface area (Å²) in [6.07, 6.45) is 1.81. The maximum atomic E-state index is 5.84. The Morgan fingerprint density at radius 3 is 2.70 bits per heavy atom. The fourth-order valence-corrected chi connectivity index (χ4v) is 5.30. The number of hydrogen-bond donors (Lipinski definition) is 1. The molecule has 0 aliphatic heterocycles. The van der Waals surface area contributed by atoms with Crippen LogP contribution >= 0.6 is 22.7 Å². The molecule has 33 heavy (non-hydrogen) atoms. The quantitative estimate of drug-likeness (QED) is 0.280. The van der Waals surface area contributed by atoms with Crippen LogP contribution in [0.3, 0.4) is 0 Å². The van der Waals surface area contributed by atoms with Crippen molar-refractivity contribution in [3.05, 3.63) is 83.1 Å². The van der Waals surface area contributed by atoms with Crippen LogP contribution in [0, 0.1) is 0 Å². The van der Waals surface area contributed by atoms with E-state index in [9.17, 15) is 0 Å². The van der Waals surface area contributed by atoms with Gasteiger partial charge in [0.1, 0.15) is 18.7 Å². The molecule has 0 aliphatic carbocycles. The molecule has 0 saturated carbocycles. The van der Waals surface area contributed by atoms with Gasteiger partial charge in [-0.05, 0) is 29.6 Å². The van der Waals surface area contributed by atoms with E-state index in [1.54, 1.807) is 22.7 Å². The van der Waals surface area contributed by atoms with Gasteiger partial charge in [-0.3, -0.25) is 4.57 Å². The van der Waals surface area contributed by atoms with Crippen LogP contribution < -0.4 is 10.1 Å². The van der Waals surface area contributed by atoms with Crippen LogP contribution in [0.4, 0.5) is 5.82 Å². The lowest BCUT2D eigenvalue weighted by Crippen LogP contribution is -2.13. The SMILES string of the molecule is c1ccc(OCCNc2nc(-c3csc4ccccc34)nc3c2ncn3-c2ccsc2)cc1. The minimum absolute atomic E-state index is 0.511. The van der Waals surface area contributed by atoms with Crippen LogP contribution in [0.15, 0.2) is 83.1 Å². The Morgan fingerprint density at radius 2 is 1.82 bits per heavy atom. The third kappa shape index (κ3) is 3.83. The third-order valence-corrected chi connectivity index (χ3v) is 6.94. The highest BCUT2D eigenvalue weighted by Gasteiger charge is 2.17. The van der Waals surface area contributed by atoms with Gasteiger partial charge in [-0.1, -0.05) is 36.4 Å². The molecule has 2 aromatic carbocycles. The monoisotopic (exact) mass is 469 g/mol. The van der Waals surface area contributed by atoms with Crippen molar-refractivity contribution in [2.75, 3.05) is 18.5 Å². The molecule has 0 bridgehead atoms. The first-order valence-corrected chi connectivity index (χ1v) is 12.3. The molecule has 0 atom stereocenters. The number of ether oxygens (including phenoxy) is 1. The first-order chi connectivity index (χ1) is 16.4. The summed E-state index contributed by atoms with van der Waals surface area (Å²) in [4.78, 5) is 14.5. The summed E-state index contributed by atoms with van der Waals surface area (Å²) >= 11 is 3.35. The number of anilines is 1. The van der Waals surface area contributed by atoms with Crippen molar-refractivity contribution in [3.63, 3.8) is 0 Å². The molecule has 0 aliphatic rings. The molecule has 6 rings (SSSR count). The number of benzene rings is 2. The molecular weight excluding hydrogens is 450 g/mol. The van der Waals surface area contributed by atoms with Gasteiger partial charge in [0.15, 0.2) is 22.8 Å². The van der Waals surface area contributed by atoms with E-state index in [1.165, 1.54) is 4.70 Å². The minimum atomic E-state index is 0.511. The third-order valence-electron chi connectivity index (χ3n) is 5.31. The van der Waals surface area contributed by atoms with E-state index >= 15 is 0 Å². The van der Waals surface area contributed by atoms with Crippen LogP contribution in [0.1, 0.15) is 0 Å². The summed E-state index contributed by atoms with van der Waals surface area (Å²) in [5.74, 6) is 2.23. The smallest absolute Gasteiger partial charge is 0.170 e. The van der Waals surface area contributed by atoms with Crippen LogP contribution in [0.2, 0.25) is 0 Å². The number of nitrogens with zero attached hydrogens (tertiary/aromatic N) is 4. The fourth-order valence-electron chi connectivity index (χ4n) is 3.73. The van der Waals surface area contributed by atoms with Gasteiger partial charge in [0.25, 0.3) is 0 Å². The van der Waals surface area contributed by atoms with E-state index < -0.39 is 0 Å². The summed E-state index contributed by atoms with van der Waals surface area (Å²) in [5, 5.41) is 10.8. The number of aromatic nitrogens is 4. The second-order valence-electron chi connectivity index (χ2n) is 7.40. The van der Waals surface area contributed by atoms with Gasteiger partial charge in [-0.15, -0.1) is 11.3 Å². The van der Waals surface area contributed by atoms with E-state index in [-0.39, 0.29) is 0 Å². The standard InChI is InChI=1S/C25H19N5OS2/c1-2-6-18(7-3-1)31-12-11-26-24-22-25(30(16-27-22)17-10-13-32-14-17)29-23(28-24)20-15-33-21-9-5-4-8-19(20)21/h1-10,13-16H,11-12H2,(H,26,28,29). The van der Waals surface area contributed by atoms with E-state index in [1.807, 2.05) is 47.3 Å². The van der Waals surface area contributed by atoms with Gasteiger partial charge >= 0.3 is 0 Å². The lowest BCUT2D eigenvalue weighted by Gasteiger charge is -2.10. The molecule has 0 spiro atoms. The lowest BCUT2D eigenvalue weighted by molar-refractivity contribution is 0.333. The molecular formula is C25H19N5OS2. The van der Waals surface area contributed by atoms with Gasteiger partial charge in [0.2, 0.25) is 0 Å². The van der Waals surface area contributed by atoms with Crippen molar-refractivity contribution in [2.24, 2.45) is 0 Å². The molecule has 0 fully saturated rings. The Labute approximate surface area is 198 Å². The van der Waals surface area contributed by atoms with E-state index in [0.717, 1.165) is 33.6 Å². The van der Waals surface area contributed by atoms with Crippen molar-refractivity contribution in [3.8, 4) is 22.8 Å². The van der Waals surface area contributed by atoms with Crippen molar-refractivity contribution in [1.82, 2.24) is 19.5 Å². The van der Waals surface area contributed by atoms with Crippen LogP contribution in [0.25, 0.3) is 38.3 Å². The molecule has 162 valence electrons. The molecule has 6 nitrogen and oxygen atoms in total. The Hall–Kier alpha value is -3.75. The highest BCUT2D eigenvalue weighted by atomic mass is 32.1. The summed E-state index contributed by atoms with van der Waals surface area (Å²) in [7, 11) is 0. The van der Waals surface area contributed by atoms with Gasteiger partial charge in [0, 0.05) is 26.4 Å². The van der Waals surface area contributed by atoms with E-state index in [4.69, 9.17) is 14.7 Å². The zero-order chi connectivity index (χ0) is 22.0. The van der Waals surface area contributed by atoms with Gasteiger partial charge < -0.3 is 10.1 Å². The molecule has 8 heteroatoms. The molecule has 1 N–H and O–H groups in total. The predicted molar refractivity (Wildman–Crippen MR) is 136 cm³/mol. The normalized spacial score (nSPS) is 11.3. The van der Waals surface area contributed by atoms with Crippen LogP contribution in [-0.2, 0) is 0 Å². The number of para-hydroxylation sites is 1. The van der Waals surface area contributed by atoms with E-state index in [0.29, 0.717) is 24.8 Å². The Morgan fingerprint density at radius 1 is 0.939 bits per heavy atom. The van der Waals surface area contributed by atoms with Gasteiger partial charge in [-0.2, -0.15) is 11.3 Å². The second kappa shape index (κ2) is 8.65. The number of imidazole rings is 1. The predicted octanol–water partition coefficient (Wildman–Crippen LogP) is 6.25. The number of hydrogen-bond acceptors (Lipinski definition) is 7. The number of rotatable bonds is 7. The summed E-state index contributed by atoms with van der Waals surface area (Å²) in [6.45, 7) is 1.10. The Balaban J connectivity index is 1.38. The molecule has 0 amide bonds. The topological polar surface area (TPSA) is 64.9 Å². The Bertz CT molecular complexity index is 1520. The molecule has 0 saturated heterocycles. The summed E-state index contributed by atoms with van der Waals surface area (Å²) in [5.41, 5.74) is 3.59. The number of fused-ring (bicyclic) bond motifs is 2. The summed E-state index contributed by atoms with van der Waals surface area (Å²) in [6, 6.07) is 20.2. The molecule has 0 radical (unpaired) electrons. The average Bonchev–Trinajstić information content (AvgIpc) is 3.61. The lowest BCUT2D eigenvalue weighted by atomic mass is 10.1. The molecule has 0 unspecified atom stereocenters. The van der Waals surface area contributed by atoms with Crippen LogP contribution in [-0.4, -0.2) is 32.7 Å². The van der Waals surface area contributed by atoms with Crippen molar-refractivity contribution < 1.29 is 4.74 Å². The maximum Gasteiger partial charge on any atom is 0.170 e. The van der Waals surface area contributed by atoms with Crippen molar-refractivity contribution in [1.29, 1.82) is 0 Å². The number of thiophene rings is 2. The largest absolute Gasteiger partial charge is 0.492 e. The first kappa shape index (κ1) is 19.9. The minimum Gasteiger partial charge on any atom is -0.492 e. The highest BCUT2D eigenvalue weighted by molar-refractivity contribution is 7.17. The highest BCUT2D eigenvalue weighted by Crippen LogP contribution is 2.34. The molecule has 6 aromatic rings.